The Morgan fingerprint density at radius 1 is 1.50 bits per heavy atom. The zero-order valence-electron chi connectivity index (χ0n) is 7.69. The van der Waals surface area contributed by atoms with Crippen molar-refractivity contribution in [2.24, 2.45) is 5.73 Å². The maximum atomic E-state index is 11.1. The highest BCUT2D eigenvalue weighted by atomic mass is 16.5. The zero-order chi connectivity index (χ0) is 10.6. The lowest BCUT2D eigenvalue weighted by Gasteiger charge is -2.00. The summed E-state index contributed by atoms with van der Waals surface area (Å²) < 4.78 is 4.71. The van der Waals surface area contributed by atoms with E-state index in [-0.39, 0.29) is 17.9 Å². The normalized spacial score (nSPS) is 9.50. The summed E-state index contributed by atoms with van der Waals surface area (Å²) in [5, 5.41) is 0. The Labute approximate surface area is 80.9 Å². The number of hydrogen-bond donors (Lipinski definition) is 1. The van der Waals surface area contributed by atoms with Gasteiger partial charge >= 0.3 is 5.97 Å². The highest BCUT2D eigenvalue weighted by Gasteiger charge is 2.08. The molecule has 5 nitrogen and oxygen atoms in total. The second-order valence-corrected chi connectivity index (χ2v) is 2.52. The molecule has 0 saturated carbocycles. The van der Waals surface area contributed by atoms with Crippen LogP contribution in [0.5, 0.6) is 0 Å². The molecule has 0 unspecified atom stereocenters. The third-order valence-corrected chi connectivity index (χ3v) is 1.53. The molecule has 0 saturated heterocycles. The molecule has 0 fully saturated rings. The maximum absolute atomic E-state index is 11.1. The van der Waals surface area contributed by atoms with Gasteiger partial charge in [-0.2, -0.15) is 0 Å². The van der Waals surface area contributed by atoms with Crippen molar-refractivity contribution in [3.05, 3.63) is 29.6 Å². The van der Waals surface area contributed by atoms with Crippen LogP contribution in [0.3, 0.4) is 0 Å². The molecule has 1 heterocycles. The summed E-state index contributed by atoms with van der Waals surface area (Å²) >= 11 is 0. The van der Waals surface area contributed by atoms with E-state index in [9.17, 15) is 9.59 Å². The minimum absolute atomic E-state index is 0.164. The quantitative estimate of drug-likeness (QED) is 0.704. The van der Waals surface area contributed by atoms with Crippen molar-refractivity contribution in [3.63, 3.8) is 0 Å². The topological polar surface area (TPSA) is 82.3 Å². The number of carbonyl (C=O) groups is 2. The zero-order valence-corrected chi connectivity index (χ0v) is 7.69. The molecule has 0 radical (unpaired) electrons. The first-order valence-electron chi connectivity index (χ1n) is 4.08. The highest BCUT2D eigenvalue weighted by molar-refractivity contribution is 5.93. The number of aromatic nitrogens is 1. The largest absolute Gasteiger partial charge is 0.461 e. The van der Waals surface area contributed by atoms with Crippen molar-refractivity contribution < 1.29 is 14.3 Å². The number of hydrogen-bond acceptors (Lipinski definition) is 4. The molecule has 0 aliphatic rings. The summed E-state index contributed by atoms with van der Waals surface area (Å²) in [6.45, 7) is 1.99. The fourth-order valence-corrected chi connectivity index (χ4v) is 0.865. The van der Waals surface area contributed by atoms with E-state index in [0.717, 1.165) is 0 Å². The molecule has 1 aromatic rings. The Morgan fingerprint density at radius 3 is 2.64 bits per heavy atom. The number of nitrogens with two attached hydrogens (primary N) is 1. The smallest absolute Gasteiger partial charge is 0.356 e. The number of amides is 1. The van der Waals surface area contributed by atoms with Crippen LogP contribution < -0.4 is 5.73 Å². The first-order valence-corrected chi connectivity index (χ1v) is 4.08. The van der Waals surface area contributed by atoms with Gasteiger partial charge in [-0.1, -0.05) is 0 Å². The molecule has 0 spiro atoms. The molecule has 1 amide bonds. The fraction of sp³-hybridized carbons (Fsp3) is 0.222. The second kappa shape index (κ2) is 4.36. The van der Waals surface area contributed by atoms with Gasteiger partial charge in [0.2, 0.25) is 5.91 Å². The van der Waals surface area contributed by atoms with E-state index in [1.54, 1.807) is 6.92 Å². The lowest BCUT2D eigenvalue weighted by molar-refractivity contribution is 0.0519. The van der Waals surface area contributed by atoms with Crippen LogP contribution in [-0.2, 0) is 4.74 Å². The van der Waals surface area contributed by atoms with Gasteiger partial charge in [-0.15, -0.1) is 0 Å². The van der Waals surface area contributed by atoms with Crippen molar-refractivity contribution in [3.8, 4) is 0 Å². The Morgan fingerprint density at radius 2 is 2.21 bits per heavy atom. The number of primary amides is 1. The SMILES string of the molecule is CCOC(=O)c1ccc(C(N)=O)cn1. The maximum Gasteiger partial charge on any atom is 0.356 e. The summed E-state index contributed by atoms with van der Waals surface area (Å²) in [7, 11) is 0. The summed E-state index contributed by atoms with van der Waals surface area (Å²) in [6.07, 6.45) is 1.24. The molecule has 5 heteroatoms. The van der Waals surface area contributed by atoms with Crippen LogP contribution >= 0.6 is 0 Å². The number of ether oxygens (including phenoxy) is 1. The van der Waals surface area contributed by atoms with Crippen LogP contribution in [0.15, 0.2) is 18.3 Å². The Kier molecular flexibility index (Phi) is 3.17. The van der Waals surface area contributed by atoms with Crippen molar-refractivity contribution in [2.75, 3.05) is 6.61 Å². The number of rotatable bonds is 3. The van der Waals surface area contributed by atoms with Crippen LogP contribution in [-0.4, -0.2) is 23.5 Å². The summed E-state index contributed by atoms with van der Waals surface area (Å²) in [6, 6.07) is 2.83. The molecule has 1 aromatic heterocycles. The van der Waals surface area contributed by atoms with E-state index in [4.69, 9.17) is 10.5 Å². The van der Waals surface area contributed by atoms with Crippen LogP contribution in [0.1, 0.15) is 27.8 Å². The van der Waals surface area contributed by atoms with Gasteiger partial charge in [0.25, 0.3) is 0 Å². The first kappa shape index (κ1) is 10.2. The monoisotopic (exact) mass is 194 g/mol. The predicted octanol–water partition coefficient (Wildman–Crippen LogP) is 0.357. The minimum Gasteiger partial charge on any atom is -0.461 e. The molecular weight excluding hydrogens is 184 g/mol. The molecule has 1 rings (SSSR count). The van der Waals surface area contributed by atoms with E-state index in [2.05, 4.69) is 4.98 Å². The highest BCUT2D eigenvalue weighted by Crippen LogP contribution is 2.01. The van der Waals surface area contributed by atoms with Crippen molar-refractivity contribution in [1.29, 1.82) is 0 Å². The van der Waals surface area contributed by atoms with Gasteiger partial charge in [0.15, 0.2) is 0 Å². The molecule has 14 heavy (non-hydrogen) atoms. The Hall–Kier alpha value is -1.91. The van der Waals surface area contributed by atoms with Crippen molar-refractivity contribution >= 4 is 11.9 Å². The Balaban J connectivity index is 2.83. The molecule has 0 bridgehead atoms. The van der Waals surface area contributed by atoms with Crippen LogP contribution in [0, 0.1) is 0 Å². The molecule has 0 aliphatic carbocycles. The lowest BCUT2D eigenvalue weighted by Crippen LogP contribution is -2.13. The van der Waals surface area contributed by atoms with Gasteiger partial charge in [0.05, 0.1) is 12.2 Å². The first-order chi connectivity index (χ1) is 6.65. The van der Waals surface area contributed by atoms with Gasteiger partial charge < -0.3 is 10.5 Å². The van der Waals surface area contributed by atoms with Gasteiger partial charge in [-0.05, 0) is 19.1 Å². The lowest BCUT2D eigenvalue weighted by atomic mass is 10.2. The van der Waals surface area contributed by atoms with Gasteiger partial charge in [-0.3, -0.25) is 4.79 Å². The summed E-state index contributed by atoms with van der Waals surface area (Å²) in [5.41, 5.74) is 5.43. The molecule has 74 valence electrons. The number of carbonyl (C=O) groups excluding carboxylic acids is 2. The van der Waals surface area contributed by atoms with Crippen LogP contribution in [0.25, 0.3) is 0 Å². The average Bonchev–Trinajstić information content (AvgIpc) is 2.18. The van der Waals surface area contributed by atoms with E-state index in [0.29, 0.717) is 0 Å². The molecule has 2 N–H and O–H groups in total. The minimum atomic E-state index is -0.576. The standard InChI is InChI=1S/C9H10N2O3/c1-2-14-9(13)7-4-3-6(5-11-7)8(10)12/h3-5H,2H2,1H3,(H2,10,12). The van der Waals surface area contributed by atoms with Gasteiger partial charge in [0, 0.05) is 6.20 Å². The van der Waals surface area contributed by atoms with E-state index < -0.39 is 11.9 Å². The molecular formula is C9H10N2O3. The van der Waals surface area contributed by atoms with Crippen LogP contribution in [0.4, 0.5) is 0 Å². The third kappa shape index (κ3) is 2.29. The fourth-order valence-electron chi connectivity index (χ4n) is 0.865. The molecule has 0 atom stereocenters. The number of esters is 1. The summed E-state index contributed by atoms with van der Waals surface area (Å²) in [4.78, 5) is 25.5. The van der Waals surface area contributed by atoms with Crippen LogP contribution in [0.2, 0.25) is 0 Å². The number of nitrogens with zero attached hydrogens (tertiary/aromatic N) is 1. The Bertz CT molecular complexity index is 346. The predicted molar refractivity (Wildman–Crippen MR) is 48.7 cm³/mol. The molecule has 0 aromatic carbocycles. The molecule has 0 aliphatic heterocycles. The van der Waals surface area contributed by atoms with Crippen molar-refractivity contribution in [2.45, 2.75) is 6.92 Å². The van der Waals surface area contributed by atoms with E-state index >= 15 is 0 Å². The average molecular weight is 194 g/mol. The van der Waals surface area contributed by atoms with E-state index in [1.165, 1.54) is 18.3 Å². The van der Waals surface area contributed by atoms with E-state index in [1.807, 2.05) is 0 Å². The van der Waals surface area contributed by atoms with Gasteiger partial charge in [0.1, 0.15) is 5.69 Å². The summed E-state index contributed by atoms with van der Waals surface area (Å²) in [5.74, 6) is -1.09. The van der Waals surface area contributed by atoms with Crippen molar-refractivity contribution in [1.82, 2.24) is 4.98 Å². The van der Waals surface area contributed by atoms with Gasteiger partial charge in [-0.25, -0.2) is 9.78 Å². The second-order valence-electron chi connectivity index (χ2n) is 2.52. The third-order valence-electron chi connectivity index (χ3n) is 1.53. The number of pyridine rings is 1.